The lowest BCUT2D eigenvalue weighted by atomic mass is 9.80. The van der Waals surface area contributed by atoms with E-state index in [1.807, 2.05) is 35.8 Å². The van der Waals surface area contributed by atoms with E-state index >= 15 is 0 Å². The van der Waals surface area contributed by atoms with E-state index in [2.05, 4.69) is 42.5 Å². The minimum absolute atomic E-state index is 0. The number of halogens is 1. The van der Waals surface area contributed by atoms with Crippen molar-refractivity contribution in [3.63, 3.8) is 0 Å². The van der Waals surface area contributed by atoms with E-state index in [-0.39, 0.29) is 29.5 Å². The van der Waals surface area contributed by atoms with Crippen LogP contribution in [0, 0.1) is 0 Å². The van der Waals surface area contributed by atoms with Crippen LogP contribution < -0.4 is 10.6 Å². The van der Waals surface area contributed by atoms with Crippen molar-refractivity contribution >= 4 is 47.3 Å². The lowest BCUT2D eigenvalue weighted by molar-refractivity contribution is 0.0626. The second-order valence-electron chi connectivity index (χ2n) is 7.71. The number of nitrogens with zero attached hydrogens (tertiary/aromatic N) is 5. The van der Waals surface area contributed by atoms with E-state index in [4.69, 9.17) is 0 Å². The molecular formula is C20H32IN7S. The number of guanidine groups is 1. The number of hydrogen-bond donors (Lipinski definition) is 2. The van der Waals surface area contributed by atoms with Gasteiger partial charge in [0.2, 0.25) is 0 Å². The summed E-state index contributed by atoms with van der Waals surface area (Å²) < 4.78 is 2.01. The molecule has 1 aliphatic carbocycles. The Morgan fingerprint density at radius 1 is 1.14 bits per heavy atom. The summed E-state index contributed by atoms with van der Waals surface area (Å²) in [4.78, 5) is 7.19. The molecule has 2 N–H and O–H groups in total. The van der Waals surface area contributed by atoms with Crippen molar-refractivity contribution in [2.45, 2.75) is 44.2 Å². The molecule has 0 amide bonds. The largest absolute Gasteiger partial charge is 0.355 e. The highest BCUT2D eigenvalue weighted by Gasteiger charge is 2.38. The molecular weight excluding hydrogens is 497 g/mol. The molecule has 0 unspecified atom stereocenters. The molecule has 2 aromatic rings. The summed E-state index contributed by atoms with van der Waals surface area (Å²) in [5.74, 6) is 4.24. The number of thioether (sulfide) groups is 1. The summed E-state index contributed by atoms with van der Waals surface area (Å²) >= 11 is 2.08. The molecule has 0 aromatic carbocycles. The average Bonchev–Trinajstić information content (AvgIpc) is 3.18. The molecule has 1 aliphatic heterocycles. The number of nitrogens with one attached hydrogen (secondary N) is 2. The number of aliphatic imine (C=N–C) groups is 1. The van der Waals surface area contributed by atoms with E-state index in [9.17, 15) is 0 Å². The van der Waals surface area contributed by atoms with Gasteiger partial charge in [-0.25, -0.2) is 0 Å². The van der Waals surface area contributed by atoms with Gasteiger partial charge in [-0.1, -0.05) is 25.3 Å². The molecule has 0 bridgehead atoms. The highest BCUT2D eigenvalue weighted by Crippen LogP contribution is 2.34. The van der Waals surface area contributed by atoms with E-state index in [1.54, 1.807) is 0 Å². The molecule has 160 valence electrons. The lowest BCUT2D eigenvalue weighted by Gasteiger charge is -2.48. The minimum atomic E-state index is 0. The Bertz CT molecular complexity index is 797. The van der Waals surface area contributed by atoms with Gasteiger partial charge in [-0.05, 0) is 25.0 Å². The van der Waals surface area contributed by atoms with Crippen molar-refractivity contribution in [2.24, 2.45) is 4.99 Å². The van der Waals surface area contributed by atoms with Crippen LogP contribution in [0.25, 0.3) is 5.65 Å². The van der Waals surface area contributed by atoms with Crippen LogP contribution in [0.3, 0.4) is 0 Å². The smallest absolute Gasteiger partial charge is 0.191 e. The Labute approximate surface area is 194 Å². The third kappa shape index (κ3) is 5.35. The Morgan fingerprint density at radius 2 is 1.93 bits per heavy atom. The monoisotopic (exact) mass is 529 g/mol. The van der Waals surface area contributed by atoms with Crippen molar-refractivity contribution in [3.8, 4) is 0 Å². The van der Waals surface area contributed by atoms with Gasteiger partial charge in [-0.2, -0.15) is 11.8 Å². The minimum Gasteiger partial charge on any atom is -0.355 e. The highest BCUT2D eigenvalue weighted by atomic mass is 127. The van der Waals surface area contributed by atoms with Crippen molar-refractivity contribution in [1.29, 1.82) is 0 Å². The Morgan fingerprint density at radius 3 is 2.69 bits per heavy atom. The number of rotatable bonds is 5. The molecule has 7 nitrogen and oxygen atoms in total. The Kier molecular flexibility index (Phi) is 8.43. The summed E-state index contributed by atoms with van der Waals surface area (Å²) in [5, 5.41) is 15.6. The number of hydrogen-bond acceptors (Lipinski definition) is 5. The predicted molar refractivity (Wildman–Crippen MR) is 131 cm³/mol. The molecule has 29 heavy (non-hydrogen) atoms. The average molecular weight is 529 g/mol. The third-order valence-electron chi connectivity index (χ3n) is 6.07. The topological polar surface area (TPSA) is 69.8 Å². The molecule has 1 saturated heterocycles. The van der Waals surface area contributed by atoms with Crippen LogP contribution >= 0.6 is 35.7 Å². The second-order valence-corrected chi connectivity index (χ2v) is 8.93. The summed E-state index contributed by atoms with van der Waals surface area (Å²) in [7, 11) is 1.84. The maximum atomic E-state index is 4.44. The predicted octanol–water partition coefficient (Wildman–Crippen LogP) is 2.76. The van der Waals surface area contributed by atoms with Crippen LogP contribution in [-0.2, 0) is 6.54 Å². The first-order valence-corrected chi connectivity index (χ1v) is 11.5. The quantitative estimate of drug-likeness (QED) is 0.353. The summed E-state index contributed by atoms with van der Waals surface area (Å²) in [6.07, 6.45) is 8.62. The molecule has 9 heteroatoms. The van der Waals surface area contributed by atoms with E-state index in [1.165, 1.54) is 56.7 Å². The van der Waals surface area contributed by atoms with Crippen molar-refractivity contribution in [1.82, 2.24) is 30.1 Å². The van der Waals surface area contributed by atoms with Gasteiger partial charge in [0.25, 0.3) is 0 Å². The number of aromatic nitrogens is 3. The SMILES string of the molecule is CN=C(NCc1nnc2ccccn12)NCC1(N2CCSCC2)CCCCC1.I. The van der Waals surface area contributed by atoms with Gasteiger partial charge in [-0.15, -0.1) is 34.2 Å². The molecule has 1 saturated carbocycles. The molecule has 2 fully saturated rings. The van der Waals surface area contributed by atoms with Crippen LogP contribution in [0.1, 0.15) is 37.9 Å². The fraction of sp³-hybridized carbons (Fsp3) is 0.650. The fourth-order valence-corrected chi connectivity index (χ4v) is 5.40. The molecule has 0 spiro atoms. The standard InChI is InChI=1S/C20H31N7S.HI/c1-21-19(22-15-18-25-24-17-7-3-6-10-27(17)18)23-16-20(8-4-2-5-9-20)26-11-13-28-14-12-26;/h3,6-7,10H,2,4-5,8-9,11-16H2,1H3,(H2,21,22,23);1H. The summed E-state index contributed by atoms with van der Waals surface area (Å²) in [6, 6.07) is 5.94. The zero-order chi connectivity index (χ0) is 19.2. The maximum absolute atomic E-state index is 4.44. The van der Waals surface area contributed by atoms with Crippen molar-refractivity contribution in [3.05, 3.63) is 30.2 Å². The fourth-order valence-electron chi connectivity index (χ4n) is 4.50. The number of fused-ring (bicyclic) bond motifs is 1. The zero-order valence-electron chi connectivity index (χ0n) is 17.1. The van der Waals surface area contributed by atoms with Gasteiger partial charge in [0.1, 0.15) is 0 Å². The van der Waals surface area contributed by atoms with Gasteiger partial charge < -0.3 is 10.6 Å². The molecule has 2 aromatic heterocycles. The van der Waals surface area contributed by atoms with Gasteiger partial charge in [0.15, 0.2) is 17.4 Å². The molecule has 0 atom stereocenters. The first-order valence-electron chi connectivity index (χ1n) is 10.4. The van der Waals surface area contributed by atoms with Crippen LogP contribution in [0.4, 0.5) is 0 Å². The lowest BCUT2D eigenvalue weighted by Crippen LogP contribution is -2.59. The van der Waals surface area contributed by atoms with Gasteiger partial charge in [0, 0.05) is 49.9 Å². The molecule has 3 heterocycles. The second kappa shape index (κ2) is 10.8. The van der Waals surface area contributed by atoms with Crippen LogP contribution in [-0.4, -0.2) is 69.2 Å². The van der Waals surface area contributed by atoms with Crippen molar-refractivity contribution in [2.75, 3.05) is 38.2 Å². The van der Waals surface area contributed by atoms with Crippen molar-refractivity contribution < 1.29 is 0 Å². The van der Waals surface area contributed by atoms with Gasteiger partial charge in [0.05, 0.1) is 6.54 Å². The first-order chi connectivity index (χ1) is 13.8. The number of pyridine rings is 1. The van der Waals surface area contributed by atoms with Crippen LogP contribution in [0.15, 0.2) is 29.4 Å². The van der Waals surface area contributed by atoms with E-state index < -0.39 is 0 Å². The molecule has 4 rings (SSSR count). The maximum Gasteiger partial charge on any atom is 0.191 e. The van der Waals surface area contributed by atoms with E-state index in [0.29, 0.717) is 6.54 Å². The molecule has 2 aliphatic rings. The summed E-state index contributed by atoms with van der Waals surface area (Å²) in [5.41, 5.74) is 1.14. The van der Waals surface area contributed by atoms with Gasteiger partial charge >= 0.3 is 0 Å². The Balaban J connectivity index is 0.00000240. The normalized spacial score (nSPS) is 20.2. The Hall–Kier alpha value is -1.07. The van der Waals surface area contributed by atoms with Crippen LogP contribution in [0.2, 0.25) is 0 Å². The van der Waals surface area contributed by atoms with Gasteiger partial charge in [-0.3, -0.25) is 14.3 Å². The zero-order valence-corrected chi connectivity index (χ0v) is 20.3. The highest BCUT2D eigenvalue weighted by molar-refractivity contribution is 14.0. The van der Waals surface area contributed by atoms with E-state index in [0.717, 1.165) is 24.0 Å². The third-order valence-corrected chi connectivity index (χ3v) is 7.02. The first kappa shape index (κ1) is 22.6. The van der Waals surface area contributed by atoms with Crippen LogP contribution in [0.5, 0.6) is 0 Å². The summed E-state index contributed by atoms with van der Waals surface area (Å²) in [6.45, 7) is 3.98. The molecule has 0 radical (unpaired) electrons.